The highest BCUT2D eigenvalue weighted by atomic mass is 32.1. The number of thiazole rings is 1. The molecule has 0 unspecified atom stereocenters. The van der Waals surface area contributed by atoms with Crippen molar-refractivity contribution in [3.05, 3.63) is 52.3 Å². The third-order valence-corrected chi connectivity index (χ3v) is 7.57. The summed E-state index contributed by atoms with van der Waals surface area (Å²) in [6.07, 6.45) is -0.658. The average Bonchev–Trinajstić information content (AvgIpc) is 3.48. The zero-order chi connectivity index (χ0) is 21.4. The maximum atomic E-state index is 13.1. The molecule has 0 N–H and O–H groups in total. The van der Waals surface area contributed by atoms with Gasteiger partial charge in [0.25, 0.3) is 11.8 Å². The quantitative estimate of drug-likeness (QED) is 0.606. The van der Waals surface area contributed by atoms with Gasteiger partial charge in [-0.05, 0) is 30.5 Å². The molecular weight excluding hydrogens is 434 g/mol. The van der Waals surface area contributed by atoms with Crippen LogP contribution < -0.4 is 9.47 Å². The van der Waals surface area contributed by atoms with Crippen molar-refractivity contribution in [2.75, 3.05) is 32.8 Å². The maximum absolute atomic E-state index is 13.1. The smallest absolute Gasteiger partial charge is 0.267 e. The molecule has 0 aliphatic carbocycles. The molecule has 160 valence electrons. The molecule has 2 aliphatic rings. The predicted molar refractivity (Wildman–Crippen MR) is 119 cm³/mol. The van der Waals surface area contributed by atoms with E-state index in [2.05, 4.69) is 4.98 Å². The van der Waals surface area contributed by atoms with Crippen LogP contribution >= 0.6 is 22.7 Å². The van der Waals surface area contributed by atoms with Gasteiger partial charge in [0, 0.05) is 26.2 Å². The van der Waals surface area contributed by atoms with Crippen molar-refractivity contribution in [3.8, 4) is 21.4 Å². The number of carbonyl (C=O) groups excluding carboxylic acids is 2. The van der Waals surface area contributed by atoms with Gasteiger partial charge in [0.1, 0.15) is 16.5 Å². The fraction of sp³-hybridized carbons (Fsp3) is 0.318. The van der Waals surface area contributed by atoms with Crippen molar-refractivity contribution in [1.29, 1.82) is 0 Å². The minimum absolute atomic E-state index is 0.0175. The molecule has 1 atom stereocenters. The number of ether oxygens (including phenoxy) is 2. The highest BCUT2D eigenvalue weighted by Gasteiger charge is 2.34. The molecule has 0 radical (unpaired) electrons. The Morgan fingerprint density at radius 3 is 2.52 bits per heavy atom. The van der Waals surface area contributed by atoms with Crippen molar-refractivity contribution in [1.82, 2.24) is 14.8 Å². The lowest BCUT2D eigenvalue weighted by Crippen LogP contribution is -2.55. The second-order valence-corrected chi connectivity index (χ2v) is 9.34. The molecule has 2 aromatic heterocycles. The molecule has 31 heavy (non-hydrogen) atoms. The summed E-state index contributed by atoms with van der Waals surface area (Å²) in [7, 11) is 0. The number of hydrogen-bond donors (Lipinski definition) is 0. The summed E-state index contributed by atoms with van der Waals surface area (Å²) in [5.74, 6) is 1.12. The van der Waals surface area contributed by atoms with Crippen LogP contribution in [0.25, 0.3) is 9.88 Å². The molecule has 2 amide bonds. The van der Waals surface area contributed by atoms with Gasteiger partial charge in [-0.25, -0.2) is 4.98 Å². The zero-order valence-electron chi connectivity index (χ0n) is 16.9. The Bertz CT molecular complexity index is 1100. The summed E-state index contributed by atoms with van der Waals surface area (Å²) in [6, 6.07) is 11.3. The number of aryl methyl sites for hydroxylation is 1. The van der Waals surface area contributed by atoms with Gasteiger partial charge in [0.2, 0.25) is 6.10 Å². The van der Waals surface area contributed by atoms with Gasteiger partial charge < -0.3 is 19.3 Å². The molecular formula is C22H21N3O4S2. The van der Waals surface area contributed by atoms with E-state index in [1.807, 2.05) is 42.6 Å². The second-order valence-electron chi connectivity index (χ2n) is 7.39. The molecule has 3 aromatic rings. The Balaban J connectivity index is 1.21. The van der Waals surface area contributed by atoms with E-state index in [0.29, 0.717) is 42.6 Å². The Labute approximate surface area is 187 Å². The Morgan fingerprint density at radius 1 is 1.03 bits per heavy atom. The van der Waals surface area contributed by atoms with Gasteiger partial charge in [-0.3, -0.25) is 9.59 Å². The maximum Gasteiger partial charge on any atom is 0.267 e. The number of amides is 2. The van der Waals surface area contributed by atoms with Crippen LogP contribution in [0.15, 0.2) is 41.8 Å². The van der Waals surface area contributed by atoms with Crippen molar-refractivity contribution < 1.29 is 19.1 Å². The van der Waals surface area contributed by atoms with E-state index in [4.69, 9.17) is 9.47 Å². The number of rotatable bonds is 3. The summed E-state index contributed by atoms with van der Waals surface area (Å²) in [5, 5.41) is 2.88. The predicted octanol–water partition coefficient (Wildman–Crippen LogP) is 3.30. The highest BCUT2D eigenvalue weighted by Crippen LogP contribution is 2.33. The largest absolute Gasteiger partial charge is 0.485 e. The molecule has 1 saturated heterocycles. The van der Waals surface area contributed by atoms with Crippen LogP contribution in [-0.2, 0) is 4.79 Å². The molecule has 0 saturated carbocycles. The van der Waals surface area contributed by atoms with Gasteiger partial charge in [0.15, 0.2) is 11.5 Å². The van der Waals surface area contributed by atoms with Crippen LogP contribution in [-0.4, -0.2) is 65.5 Å². The van der Waals surface area contributed by atoms with Crippen LogP contribution in [0.2, 0.25) is 0 Å². The number of fused-ring (bicyclic) bond motifs is 1. The number of hydrogen-bond acceptors (Lipinski definition) is 7. The van der Waals surface area contributed by atoms with E-state index in [0.717, 1.165) is 15.6 Å². The Kier molecular flexibility index (Phi) is 5.37. The van der Waals surface area contributed by atoms with E-state index >= 15 is 0 Å². The van der Waals surface area contributed by atoms with Gasteiger partial charge in [0.05, 0.1) is 10.6 Å². The molecule has 4 heterocycles. The molecule has 0 spiro atoms. The first kappa shape index (κ1) is 20.0. The number of para-hydroxylation sites is 2. The van der Waals surface area contributed by atoms with Gasteiger partial charge >= 0.3 is 0 Å². The number of piperazine rings is 1. The minimum Gasteiger partial charge on any atom is -0.485 e. The first-order chi connectivity index (χ1) is 15.1. The standard InChI is InChI=1S/C22H21N3O4S2/c1-14-19(31-20(23-14)18-7-4-12-30-18)22(27)25-10-8-24(9-11-25)21(26)17-13-28-15-5-2-3-6-16(15)29-17/h2-7,12,17H,8-11,13H2,1H3/t17-/m1/s1. The fourth-order valence-electron chi connectivity index (χ4n) is 3.72. The van der Waals surface area contributed by atoms with E-state index in [1.165, 1.54) is 11.3 Å². The van der Waals surface area contributed by atoms with Crippen LogP contribution in [0, 0.1) is 6.92 Å². The average molecular weight is 456 g/mol. The zero-order valence-corrected chi connectivity index (χ0v) is 18.6. The molecule has 0 bridgehead atoms. The van der Waals surface area contributed by atoms with Crippen LogP contribution in [0.5, 0.6) is 11.5 Å². The normalized spacial score (nSPS) is 18.2. The van der Waals surface area contributed by atoms with Crippen molar-refractivity contribution >= 4 is 34.5 Å². The summed E-state index contributed by atoms with van der Waals surface area (Å²) in [6.45, 7) is 3.99. The third kappa shape index (κ3) is 3.90. The topological polar surface area (TPSA) is 72.0 Å². The first-order valence-corrected chi connectivity index (χ1v) is 11.8. The van der Waals surface area contributed by atoms with Gasteiger partial charge in [-0.2, -0.15) is 0 Å². The number of nitrogens with zero attached hydrogens (tertiary/aromatic N) is 3. The van der Waals surface area contributed by atoms with Crippen molar-refractivity contribution in [2.45, 2.75) is 13.0 Å². The van der Waals surface area contributed by atoms with Gasteiger partial charge in [-0.15, -0.1) is 22.7 Å². The number of aromatic nitrogens is 1. The lowest BCUT2D eigenvalue weighted by molar-refractivity contribution is -0.142. The Morgan fingerprint density at radius 2 is 1.77 bits per heavy atom. The molecule has 2 aliphatic heterocycles. The monoisotopic (exact) mass is 455 g/mol. The second kappa shape index (κ2) is 8.32. The third-order valence-electron chi connectivity index (χ3n) is 5.39. The summed E-state index contributed by atoms with van der Waals surface area (Å²) in [5.41, 5.74) is 0.753. The molecule has 1 aromatic carbocycles. The van der Waals surface area contributed by atoms with Crippen LogP contribution in [0.4, 0.5) is 0 Å². The Hall–Kier alpha value is -2.91. The minimum atomic E-state index is -0.658. The lowest BCUT2D eigenvalue weighted by Gasteiger charge is -2.37. The van der Waals surface area contributed by atoms with Crippen molar-refractivity contribution in [2.24, 2.45) is 0 Å². The summed E-state index contributed by atoms with van der Waals surface area (Å²) in [4.78, 5) is 35.9. The highest BCUT2D eigenvalue weighted by molar-refractivity contribution is 7.22. The number of thiophene rings is 1. The fourth-order valence-corrected chi connectivity index (χ4v) is 5.55. The molecule has 1 fully saturated rings. The van der Waals surface area contributed by atoms with E-state index in [1.54, 1.807) is 27.2 Å². The van der Waals surface area contributed by atoms with Gasteiger partial charge in [-0.1, -0.05) is 18.2 Å². The molecule has 7 nitrogen and oxygen atoms in total. The van der Waals surface area contributed by atoms with E-state index < -0.39 is 6.10 Å². The first-order valence-electron chi connectivity index (χ1n) is 10.1. The van der Waals surface area contributed by atoms with Crippen molar-refractivity contribution in [3.63, 3.8) is 0 Å². The molecule has 9 heteroatoms. The summed E-state index contributed by atoms with van der Waals surface area (Å²) < 4.78 is 11.5. The lowest BCUT2D eigenvalue weighted by atomic mass is 10.2. The van der Waals surface area contributed by atoms with Crippen LogP contribution in [0.3, 0.4) is 0 Å². The number of benzene rings is 1. The summed E-state index contributed by atoms with van der Waals surface area (Å²) >= 11 is 3.05. The SMILES string of the molecule is Cc1nc(-c2cccs2)sc1C(=O)N1CCN(C(=O)[C@H]2COc3ccccc3O2)CC1. The van der Waals surface area contributed by atoms with E-state index in [-0.39, 0.29) is 18.4 Å². The number of carbonyl (C=O) groups is 2. The van der Waals surface area contributed by atoms with E-state index in [9.17, 15) is 9.59 Å². The van der Waals surface area contributed by atoms with Crippen LogP contribution in [0.1, 0.15) is 15.4 Å². The molecule has 5 rings (SSSR count).